The molecule has 0 unspecified atom stereocenters. The number of hydrogen-bond acceptors (Lipinski definition) is 11. The van der Waals surface area contributed by atoms with Crippen LogP contribution in [0.5, 0.6) is 0 Å². The molecule has 0 aliphatic rings. The molecular formula is C31H55NO11. The molecule has 0 aliphatic carbocycles. The van der Waals surface area contributed by atoms with Crippen LogP contribution in [0.4, 0.5) is 0 Å². The molecule has 0 aromatic rings. The van der Waals surface area contributed by atoms with Crippen LogP contribution in [0.1, 0.15) is 108 Å². The normalized spacial score (nSPS) is 12.4. The Morgan fingerprint density at radius 3 is 1.12 bits per heavy atom. The van der Waals surface area contributed by atoms with E-state index in [1.165, 1.54) is 6.92 Å². The Morgan fingerprint density at radius 2 is 0.837 bits per heavy atom. The Kier molecular flexibility index (Phi) is 17.8. The Balaban J connectivity index is 5.58. The van der Waals surface area contributed by atoms with Gasteiger partial charge in [-0.3, -0.25) is 19.2 Å². The van der Waals surface area contributed by atoms with E-state index in [0.29, 0.717) is 6.42 Å². The van der Waals surface area contributed by atoms with E-state index in [0.717, 1.165) is 0 Å². The van der Waals surface area contributed by atoms with Crippen LogP contribution in [0.2, 0.25) is 0 Å². The van der Waals surface area contributed by atoms with Crippen molar-refractivity contribution in [2.45, 2.75) is 130 Å². The molecule has 43 heavy (non-hydrogen) atoms. The lowest BCUT2D eigenvalue weighted by molar-refractivity contribution is -0.157. The number of amides is 1. The first-order valence-electron chi connectivity index (χ1n) is 14.8. The van der Waals surface area contributed by atoms with Gasteiger partial charge in [0.15, 0.2) is 0 Å². The molecule has 12 heteroatoms. The lowest BCUT2D eigenvalue weighted by Gasteiger charge is -2.34. The molecule has 0 atom stereocenters. The molecule has 0 rings (SSSR count). The largest absolute Gasteiger partial charge is 0.460 e. The fourth-order valence-electron chi connectivity index (χ4n) is 3.54. The zero-order valence-corrected chi connectivity index (χ0v) is 28.0. The number of hydrogen-bond donors (Lipinski definition) is 1. The third kappa shape index (κ3) is 24.6. The van der Waals surface area contributed by atoms with Crippen LogP contribution in [0, 0.1) is 0 Å². The van der Waals surface area contributed by atoms with Crippen molar-refractivity contribution in [1.29, 1.82) is 0 Å². The predicted molar refractivity (Wildman–Crippen MR) is 159 cm³/mol. The van der Waals surface area contributed by atoms with Crippen molar-refractivity contribution < 1.29 is 52.4 Å². The van der Waals surface area contributed by atoms with Gasteiger partial charge in [-0.1, -0.05) is 0 Å². The summed E-state index contributed by atoms with van der Waals surface area (Å²) in [6.07, 6.45) is 0.646. The smallest absolute Gasteiger partial charge is 0.308 e. The summed E-state index contributed by atoms with van der Waals surface area (Å²) >= 11 is 0. The summed E-state index contributed by atoms with van der Waals surface area (Å²) in [5, 5.41) is 2.91. The van der Waals surface area contributed by atoms with E-state index in [2.05, 4.69) is 5.32 Å². The second kappa shape index (κ2) is 19.0. The van der Waals surface area contributed by atoms with Crippen LogP contribution in [-0.2, 0) is 52.4 Å². The van der Waals surface area contributed by atoms with Crippen LogP contribution < -0.4 is 5.32 Å². The SMILES string of the molecule is CC(=O)CCCC(=O)NC(COCCC(=O)OC(C)(C)C)(COCCC(=O)OC(C)(C)C)COCCC(=O)OC(C)(C)C. The summed E-state index contributed by atoms with van der Waals surface area (Å²) in [5.41, 5.74) is -3.15. The summed E-state index contributed by atoms with van der Waals surface area (Å²) in [6.45, 7) is 17.1. The molecule has 0 fully saturated rings. The number of carbonyl (C=O) groups excluding carboxylic acids is 5. The number of rotatable bonds is 20. The van der Waals surface area contributed by atoms with Crippen molar-refractivity contribution >= 4 is 29.6 Å². The first kappa shape index (κ1) is 40.4. The summed E-state index contributed by atoms with van der Waals surface area (Å²) < 4.78 is 33.4. The second-order valence-electron chi connectivity index (χ2n) is 13.6. The molecule has 0 aliphatic heterocycles. The molecule has 250 valence electrons. The average molecular weight is 618 g/mol. The Morgan fingerprint density at radius 1 is 0.512 bits per heavy atom. The van der Waals surface area contributed by atoms with Crippen molar-refractivity contribution in [3.63, 3.8) is 0 Å². The van der Waals surface area contributed by atoms with Gasteiger partial charge in [0.2, 0.25) is 5.91 Å². The number of Topliss-reactive ketones (excluding diaryl/α,β-unsaturated/α-hetero) is 1. The number of ether oxygens (including phenoxy) is 6. The Labute approximate surface area is 257 Å². The fourth-order valence-corrected chi connectivity index (χ4v) is 3.54. The first-order chi connectivity index (χ1) is 19.6. The van der Waals surface area contributed by atoms with Gasteiger partial charge in [-0.15, -0.1) is 0 Å². The molecular weight excluding hydrogens is 562 g/mol. The van der Waals surface area contributed by atoms with Crippen LogP contribution in [0.15, 0.2) is 0 Å². The van der Waals surface area contributed by atoms with Crippen molar-refractivity contribution in [2.75, 3.05) is 39.6 Å². The predicted octanol–water partition coefficient (Wildman–Crippen LogP) is 3.85. The van der Waals surface area contributed by atoms with Crippen LogP contribution in [0.25, 0.3) is 0 Å². The van der Waals surface area contributed by atoms with Gasteiger partial charge in [-0.05, 0) is 75.7 Å². The minimum atomic E-state index is -1.23. The zero-order valence-electron chi connectivity index (χ0n) is 28.0. The van der Waals surface area contributed by atoms with E-state index in [-0.39, 0.29) is 83.4 Å². The van der Waals surface area contributed by atoms with Gasteiger partial charge in [0.1, 0.15) is 28.1 Å². The molecule has 12 nitrogen and oxygen atoms in total. The van der Waals surface area contributed by atoms with Crippen molar-refractivity contribution in [2.24, 2.45) is 0 Å². The maximum absolute atomic E-state index is 12.9. The number of nitrogens with one attached hydrogen (secondary N) is 1. The third-order valence-corrected chi connectivity index (χ3v) is 5.08. The van der Waals surface area contributed by atoms with Crippen LogP contribution in [-0.4, -0.2) is 91.6 Å². The van der Waals surface area contributed by atoms with Gasteiger partial charge in [-0.2, -0.15) is 0 Å². The van der Waals surface area contributed by atoms with Crippen molar-refractivity contribution in [3.8, 4) is 0 Å². The molecule has 0 bridgehead atoms. The van der Waals surface area contributed by atoms with Crippen LogP contribution in [0.3, 0.4) is 0 Å². The summed E-state index contributed by atoms with van der Waals surface area (Å²) in [6, 6.07) is 0. The number of carbonyl (C=O) groups is 5. The first-order valence-corrected chi connectivity index (χ1v) is 14.8. The molecule has 0 radical (unpaired) electrons. The minimum absolute atomic E-state index is 0.00663. The lowest BCUT2D eigenvalue weighted by Crippen LogP contribution is -2.58. The molecule has 0 aromatic heterocycles. The van der Waals surface area contributed by atoms with Crippen molar-refractivity contribution in [3.05, 3.63) is 0 Å². The van der Waals surface area contributed by atoms with E-state index in [1.54, 1.807) is 62.3 Å². The Hall–Kier alpha value is -2.57. The number of esters is 3. The summed E-state index contributed by atoms with van der Waals surface area (Å²) in [7, 11) is 0. The molecule has 0 spiro atoms. The topological polar surface area (TPSA) is 153 Å². The molecule has 0 heterocycles. The maximum atomic E-state index is 12.9. The van der Waals surface area contributed by atoms with E-state index < -0.39 is 40.2 Å². The van der Waals surface area contributed by atoms with Crippen molar-refractivity contribution in [1.82, 2.24) is 5.32 Å². The van der Waals surface area contributed by atoms with Gasteiger partial charge in [0, 0.05) is 12.8 Å². The van der Waals surface area contributed by atoms with Gasteiger partial charge in [-0.25, -0.2) is 0 Å². The average Bonchev–Trinajstić information content (AvgIpc) is 2.79. The summed E-state index contributed by atoms with van der Waals surface area (Å²) in [5.74, 6) is -1.69. The fraction of sp³-hybridized carbons (Fsp3) is 0.839. The molecule has 0 saturated heterocycles. The third-order valence-electron chi connectivity index (χ3n) is 5.08. The van der Waals surface area contributed by atoms with E-state index >= 15 is 0 Å². The highest BCUT2D eigenvalue weighted by Crippen LogP contribution is 2.14. The minimum Gasteiger partial charge on any atom is -0.460 e. The zero-order chi connectivity index (χ0) is 33.3. The quantitative estimate of drug-likeness (QED) is 0.120. The highest BCUT2D eigenvalue weighted by Gasteiger charge is 2.34. The van der Waals surface area contributed by atoms with E-state index in [9.17, 15) is 24.0 Å². The lowest BCUT2D eigenvalue weighted by atomic mass is 10.0. The van der Waals surface area contributed by atoms with Gasteiger partial charge < -0.3 is 38.5 Å². The van der Waals surface area contributed by atoms with Crippen LogP contribution >= 0.6 is 0 Å². The Bertz CT molecular complexity index is 807. The highest BCUT2D eigenvalue weighted by atomic mass is 16.6. The highest BCUT2D eigenvalue weighted by molar-refractivity contribution is 5.79. The van der Waals surface area contributed by atoms with E-state index in [4.69, 9.17) is 28.4 Å². The van der Waals surface area contributed by atoms with Gasteiger partial charge in [0.25, 0.3) is 0 Å². The molecule has 0 aromatic carbocycles. The molecule has 1 amide bonds. The number of ketones is 1. The maximum Gasteiger partial charge on any atom is 0.308 e. The van der Waals surface area contributed by atoms with E-state index in [1.807, 2.05) is 0 Å². The van der Waals surface area contributed by atoms with Gasteiger partial charge >= 0.3 is 17.9 Å². The monoisotopic (exact) mass is 617 g/mol. The standard InChI is InChI=1S/C31H55NO11/c1-23(33)12-11-13-24(34)32-31(20-38-17-14-25(35)41-28(2,3)4,21-39-18-15-26(36)42-29(5,6)7)22-40-19-16-27(37)43-30(8,9)10/h11-22H2,1-10H3,(H,32,34). The summed E-state index contributed by atoms with van der Waals surface area (Å²) in [4.78, 5) is 60.7. The molecule has 0 saturated carbocycles. The molecule has 1 N–H and O–H groups in total. The van der Waals surface area contributed by atoms with Gasteiger partial charge in [0.05, 0.1) is 58.9 Å². The second-order valence-corrected chi connectivity index (χ2v) is 13.6.